The molecule has 0 saturated heterocycles. The number of aromatic nitrogens is 2. The van der Waals surface area contributed by atoms with E-state index in [9.17, 15) is 0 Å². The van der Waals surface area contributed by atoms with Crippen LogP contribution in [0.2, 0.25) is 0 Å². The van der Waals surface area contributed by atoms with Crippen molar-refractivity contribution in [2.45, 2.75) is 26.9 Å². The summed E-state index contributed by atoms with van der Waals surface area (Å²) in [5.74, 6) is 0.997. The molecule has 0 unspecified atom stereocenters. The van der Waals surface area contributed by atoms with E-state index in [4.69, 9.17) is 10.5 Å². The van der Waals surface area contributed by atoms with Gasteiger partial charge in [-0.25, -0.2) is 9.97 Å². The molecule has 1 aromatic heterocycles. The summed E-state index contributed by atoms with van der Waals surface area (Å²) in [7, 11) is 0. The minimum absolute atomic E-state index is 0.0934. The fraction of sp³-hybridized carbons (Fsp3) is 0.333. The van der Waals surface area contributed by atoms with Crippen LogP contribution in [0.15, 0.2) is 16.6 Å². The monoisotopic (exact) mass is 295 g/mol. The molecule has 0 amide bonds. The number of anilines is 1. The van der Waals surface area contributed by atoms with Crippen LogP contribution in [0.4, 0.5) is 5.95 Å². The van der Waals surface area contributed by atoms with E-state index in [1.165, 1.54) is 0 Å². The summed E-state index contributed by atoms with van der Waals surface area (Å²) in [5.41, 5.74) is 7.27. The van der Waals surface area contributed by atoms with Crippen LogP contribution in [-0.2, 0) is 0 Å². The first-order valence-corrected chi connectivity index (χ1v) is 6.17. The Morgan fingerprint density at radius 3 is 2.65 bits per heavy atom. The average molecular weight is 296 g/mol. The predicted molar refractivity (Wildman–Crippen MR) is 72.2 cm³/mol. The van der Waals surface area contributed by atoms with E-state index in [-0.39, 0.29) is 12.1 Å². The third-order valence-electron chi connectivity index (χ3n) is 2.32. The summed E-state index contributed by atoms with van der Waals surface area (Å²) in [6.45, 7) is 5.86. The normalized spacial score (nSPS) is 11.1. The van der Waals surface area contributed by atoms with Crippen molar-refractivity contribution in [3.8, 4) is 5.75 Å². The van der Waals surface area contributed by atoms with Gasteiger partial charge < -0.3 is 10.5 Å². The molecule has 0 aliphatic rings. The van der Waals surface area contributed by atoms with Gasteiger partial charge in [0.25, 0.3) is 0 Å². The maximum atomic E-state index is 5.73. The van der Waals surface area contributed by atoms with Crippen LogP contribution in [0.1, 0.15) is 19.5 Å². The number of hydrogen-bond donors (Lipinski definition) is 1. The summed E-state index contributed by atoms with van der Waals surface area (Å²) < 4.78 is 6.67. The molecule has 5 heteroatoms. The van der Waals surface area contributed by atoms with Gasteiger partial charge in [-0.2, -0.15) is 0 Å². The minimum atomic E-state index is 0.0934. The fourth-order valence-electron chi connectivity index (χ4n) is 1.72. The molecule has 2 N–H and O–H groups in total. The molecule has 17 heavy (non-hydrogen) atoms. The quantitative estimate of drug-likeness (QED) is 0.925. The highest BCUT2D eigenvalue weighted by atomic mass is 79.9. The lowest BCUT2D eigenvalue weighted by Gasteiger charge is -2.13. The highest BCUT2D eigenvalue weighted by Gasteiger charge is 2.12. The number of ether oxygens (including phenoxy) is 1. The topological polar surface area (TPSA) is 61.0 Å². The van der Waals surface area contributed by atoms with Gasteiger partial charge in [0.1, 0.15) is 11.3 Å². The standard InChI is InChI=1S/C12H14BrN3O/c1-6(2)17-9-5-4-8(13)10-7(3)15-12(14)16-11(9)10/h4-6H,1-3H3,(H2,14,15,16). The average Bonchev–Trinajstić information content (AvgIpc) is 2.20. The van der Waals surface area contributed by atoms with Crippen molar-refractivity contribution >= 4 is 32.8 Å². The summed E-state index contributed by atoms with van der Waals surface area (Å²) in [5, 5.41) is 0.942. The Labute approximate surface area is 108 Å². The Balaban J connectivity index is 2.75. The van der Waals surface area contributed by atoms with Crippen molar-refractivity contribution in [1.82, 2.24) is 9.97 Å². The van der Waals surface area contributed by atoms with Crippen LogP contribution in [0, 0.1) is 6.92 Å². The SMILES string of the molecule is Cc1nc(N)nc2c(OC(C)C)ccc(Br)c12. The van der Waals surface area contributed by atoms with Crippen LogP contribution in [0.3, 0.4) is 0 Å². The Morgan fingerprint density at radius 1 is 1.29 bits per heavy atom. The number of rotatable bonds is 2. The number of fused-ring (bicyclic) bond motifs is 1. The minimum Gasteiger partial charge on any atom is -0.489 e. The Kier molecular flexibility index (Phi) is 3.19. The second-order valence-electron chi connectivity index (χ2n) is 4.10. The maximum Gasteiger partial charge on any atom is 0.220 e. The van der Waals surface area contributed by atoms with Crippen molar-refractivity contribution < 1.29 is 4.74 Å². The molecule has 0 aliphatic heterocycles. The van der Waals surface area contributed by atoms with Gasteiger partial charge in [-0.05, 0) is 32.9 Å². The lowest BCUT2D eigenvalue weighted by Crippen LogP contribution is -2.07. The highest BCUT2D eigenvalue weighted by molar-refractivity contribution is 9.10. The maximum absolute atomic E-state index is 5.73. The third kappa shape index (κ3) is 2.34. The second kappa shape index (κ2) is 4.49. The van der Waals surface area contributed by atoms with Crippen molar-refractivity contribution in [1.29, 1.82) is 0 Å². The summed E-state index contributed by atoms with van der Waals surface area (Å²) in [4.78, 5) is 8.43. The molecule has 0 spiro atoms. The zero-order chi connectivity index (χ0) is 12.6. The van der Waals surface area contributed by atoms with Gasteiger partial charge in [0.2, 0.25) is 5.95 Å². The fourth-order valence-corrected chi connectivity index (χ4v) is 2.33. The van der Waals surface area contributed by atoms with Crippen LogP contribution in [0.25, 0.3) is 10.9 Å². The van der Waals surface area contributed by atoms with Crippen LogP contribution in [0.5, 0.6) is 5.75 Å². The Hall–Kier alpha value is -1.36. The number of nitrogens with two attached hydrogens (primary N) is 1. The smallest absolute Gasteiger partial charge is 0.220 e. The lowest BCUT2D eigenvalue weighted by molar-refractivity contribution is 0.245. The number of benzene rings is 1. The molecule has 1 aromatic carbocycles. The molecule has 90 valence electrons. The van der Waals surface area contributed by atoms with Gasteiger partial charge in [0.15, 0.2) is 0 Å². The first kappa shape index (κ1) is 12.1. The molecule has 0 saturated carbocycles. The van der Waals surface area contributed by atoms with Crippen molar-refractivity contribution in [2.24, 2.45) is 0 Å². The highest BCUT2D eigenvalue weighted by Crippen LogP contribution is 2.32. The molecule has 0 aliphatic carbocycles. The van der Waals surface area contributed by atoms with Gasteiger partial charge in [0.05, 0.1) is 11.8 Å². The van der Waals surface area contributed by atoms with Crippen LogP contribution in [-0.4, -0.2) is 16.1 Å². The van der Waals surface area contributed by atoms with Gasteiger partial charge in [0, 0.05) is 9.86 Å². The molecule has 2 aromatic rings. The predicted octanol–water partition coefficient (Wildman–Crippen LogP) is 3.07. The molecular formula is C12H14BrN3O. The first-order valence-electron chi connectivity index (χ1n) is 5.38. The van der Waals surface area contributed by atoms with E-state index in [0.717, 1.165) is 26.8 Å². The van der Waals surface area contributed by atoms with Gasteiger partial charge in [-0.1, -0.05) is 15.9 Å². The van der Waals surface area contributed by atoms with Crippen molar-refractivity contribution in [3.05, 3.63) is 22.3 Å². The van der Waals surface area contributed by atoms with E-state index in [0.29, 0.717) is 0 Å². The molecule has 0 bridgehead atoms. The van der Waals surface area contributed by atoms with Crippen molar-refractivity contribution in [2.75, 3.05) is 5.73 Å². The molecule has 0 fully saturated rings. The van der Waals surface area contributed by atoms with Gasteiger partial charge >= 0.3 is 0 Å². The molecule has 0 radical (unpaired) electrons. The van der Waals surface area contributed by atoms with Gasteiger partial charge in [-0.15, -0.1) is 0 Å². The Bertz CT molecular complexity index is 569. The molecule has 1 heterocycles. The molecular weight excluding hydrogens is 282 g/mol. The lowest BCUT2D eigenvalue weighted by atomic mass is 10.2. The number of nitrogens with zero attached hydrogens (tertiary/aromatic N) is 2. The van der Waals surface area contributed by atoms with Crippen molar-refractivity contribution in [3.63, 3.8) is 0 Å². The Morgan fingerprint density at radius 2 is 2.00 bits per heavy atom. The van der Waals surface area contributed by atoms with E-state index >= 15 is 0 Å². The first-order chi connectivity index (χ1) is 7.99. The number of hydrogen-bond acceptors (Lipinski definition) is 4. The van der Waals surface area contributed by atoms with E-state index in [2.05, 4.69) is 25.9 Å². The van der Waals surface area contributed by atoms with Crippen LogP contribution >= 0.6 is 15.9 Å². The summed E-state index contributed by atoms with van der Waals surface area (Å²) in [6, 6.07) is 3.82. The van der Waals surface area contributed by atoms with E-state index in [1.807, 2.05) is 32.9 Å². The van der Waals surface area contributed by atoms with Gasteiger partial charge in [-0.3, -0.25) is 0 Å². The molecule has 2 rings (SSSR count). The summed E-state index contributed by atoms with van der Waals surface area (Å²) >= 11 is 3.50. The zero-order valence-corrected chi connectivity index (χ0v) is 11.6. The van der Waals surface area contributed by atoms with E-state index in [1.54, 1.807) is 0 Å². The molecule has 0 atom stereocenters. The number of halogens is 1. The third-order valence-corrected chi connectivity index (χ3v) is 2.98. The summed E-state index contributed by atoms with van der Waals surface area (Å²) in [6.07, 6.45) is 0.0934. The number of aryl methyl sites for hydroxylation is 1. The van der Waals surface area contributed by atoms with Crippen LogP contribution < -0.4 is 10.5 Å². The molecule has 4 nitrogen and oxygen atoms in total. The largest absolute Gasteiger partial charge is 0.489 e. The second-order valence-corrected chi connectivity index (χ2v) is 4.96. The number of nitrogen functional groups attached to an aromatic ring is 1. The zero-order valence-electron chi connectivity index (χ0n) is 9.99. The van der Waals surface area contributed by atoms with E-state index < -0.39 is 0 Å².